The maximum atomic E-state index is 11.8. The Morgan fingerprint density at radius 2 is 2.08 bits per heavy atom. The molecular weight excluding hydrogens is 326 g/mol. The van der Waals surface area contributed by atoms with Gasteiger partial charge in [-0.05, 0) is 81.1 Å². The van der Waals surface area contributed by atoms with E-state index in [1.165, 1.54) is 18.9 Å². The molecule has 0 amide bonds. The van der Waals surface area contributed by atoms with Gasteiger partial charge in [-0.3, -0.25) is 4.79 Å². The van der Waals surface area contributed by atoms with Crippen LogP contribution in [0.1, 0.15) is 65.2 Å². The number of terminal acetylenes is 1. The Hall–Kier alpha value is -1.76. The minimum atomic E-state index is -0.728. The van der Waals surface area contributed by atoms with E-state index in [4.69, 9.17) is 16.4 Å². The third-order valence-electron chi connectivity index (χ3n) is 8.11. The molecule has 4 aliphatic carbocycles. The Morgan fingerprint density at radius 1 is 1.27 bits per heavy atom. The van der Waals surface area contributed by atoms with Crippen LogP contribution in [0.4, 0.5) is 0 Å². The second-order valence-electron chi connectivity index (χ2n) is 8.99. The molecule has 0 unspecified atom stereocenters. The van der Waals surface area contributed by atoms with E-state index < -0.39 is 5.60 Å². The number of rotatable bonds is 1. The summed E-state index contributed by atoms with van der Waals surface area (Å²) in [6.45, 7) is 3.74. The predicted molar refractivity (Wildman–Crippen MR) is 99.6 cm³/mol. The maximum absolute atomic E-state index is 11.8. The van der Waals surface area contributed by atoms with Gasteiger partial charge in [-0.1, -0.05) is 23.6 Å². The lowest BCUT2D eigenvalue weighted by molar-refractivity contribution is -0.167. The average Bonchev–Trinajstić information content (AvgIpc) is 2.93. The molecule has 0 aromatic carbocycles. The van der Waals surface area contributed by atoms with Crippen LogP contribution in [0.2, 0.25) is 0 Å². The van der Waals surface area contributed by atoms with Crippen molar-refractivity contribution < 1.29 is 14.7 Å². The number of allylic oxidation sites excluding steroid dienone is 2. The van der Waals surface area contributed by atoms with Gasteiger partial charge in [0.05, 0.1) is 5.71 Å². The largest absolute Gasteiger partial charge is 0.445 e. The van der Waals surface area contributed by atoms with Crippen LogP contribution in [0.25, 0.3) is 0 Å². The highest BCUT2D eigenvalue weighted by Gasteiger charge is 2.64. The Morgan fingerprint density at radius 3 is 2.77 bits per heavy atom. The predicted octanol–water partition coefficient (Wildman–Crippen LogP) is 4.32. The van der Waals surface area contributed by atoms with Gasteiger partial charge >= 0.3 is 5.97 Å². The van der Waals surface area contributed by atoms with Crippen molar-refractivity contribution in [3.8, 4) is 12.3 Å². The van der Waals surface area contributed by atoms with Gasteiger partial charge in [-0.25, -0.2) is 0 Å². The molecule has 0 bridgehead atoms. The zero-order valence-corrected chi connectivity index (χ0v) is 15.8. The van der Waals surface area contributed by atoms with E-state index in [2.05, 4.69) is 24.1 Å². The third kappa shape index (κ3) is 2.36. The summed E-state index contributed by atoms with van der Waals surface area (Å²) in [6.07, 6.45) is 16.3. The van der Waals surface area contributed by atoms with Crippen LogP contribution in [0, 0.1) is 41.4 Å². The Kier molecular flexibility index (Phi) is 4.17. The summed E-state index contributed by atoms with van der Waals surface area (Å²) in [5, 5.41) is 12.5. The first kappa shape index (κ1) is 17.6. The first-order valence-corrected chi connectivity index (χ1v) is 10.0. The molecule has 0 aromatic heterocycles. The van der Waals surface area contributed by atoms with Gasteiger partial charge in [0.2, 0.25) is 0 Å². The zero-order valence-electron chi connectivity index (χ0n) is 15.8. The first-order chi connectivity index (χ1) is 12.4. The molecule has 3 saturated carbocycles. The second-order valence-corrected chi connectivity index (χ2v) is 8.99. The smallest absolute Gasteiger partial charge is 0.304 e. The molecule has 0 aromatic rings. The Labute approximate surface area is 156 Å². The fraction of sp³-hybridized carbons (Fsp3) is 0.727. The van der Waals surface area contributed by atoms with Crippen LogP contribution in [0.5, 0.6) is 0 Å². The molecule has 0 saturated heterocycles. The molecule has 0 heterocycles. The molecule has 26 heavy (non-hydrogen) atoms. The van der Waals surface area contributed by atoms with Crippen molar-refractivity contribution in [2.75, 3.05) is 0 Å². The first-order valence-electron chi connectivity index (χ1n) is 10.0. The van der Waals surface area contributed by atoms with Gasteiger partial charge in [-0.15, -0.1) is 6.42 Å². The zero-order chi connectivity index (χ0) is 18.5. The molecule has 6 atom stereocenters. The molecule has 140 valence electrons. The van der Waals surface area contributed by atoms with Gasteiger partial charge < -0.3 is 9.94 Å². The lowest BCUT2D eigenvalue weighted by Crippen LogP contribution is -2.53. The maximum Gasteiger partial charge on any atom is 0.304 e. The van der Waals surface area contributed by atoms with Crippen LogP contribution in [-0.2, 0) is 9.53 Å². The molecule has 0 radical (unpaired) electrons. The van der Waals surface area contributed by atoms with Crippen molar-refractivity contribution >= 4 is 11.7 Å². The standard InChI is InChI=1S/C22H29NO3/c1-4-22(26-14(2)24)12-10-20-19-7-5-15-13-16(23-25)6-8-17(15)18(19)9-11-21(20,22)3/h1,13,17-20,25H,5-12H2,2-3H3/t17-,18+,19+,20-,21-,22-/m0/s1. The van der Waals surface area contributed by atoms with Crippen molar-refractivity contribution in [1.82, 2.24) is 0 Å². The molecule has 3 fully saturated rings. The van der Waals surface area contributed by atoms with E-state index in [0.717, 1.165) is 50.7 Å². The monoisotopic (exact) mass is 355 g/mol. The number of hydrogen-bond donors (Lipinski definition) is 1. The number of fused-ring (bicyclic) bond motifs is 5. The van der Waals surface area contributed by atoms with Gasteiger partial charge in [-0.2, -0.15) is 0 Å². The summed E-state index contributed by atoms with van der Waals surface area (Å²) in [6, 6.07) is 0. The third-order valence-corrected chi connectivity index (χ3v) is 8.11. The summed E-state index contributed by atoms with van der Waals surface area (Å²) in [5.41, 5.74) is 1.48. The topological polar surface area (TPSA) is 58.9 Å². The van der Waals surface area contributed by atoms with Crippen LogP contribution < -0.4 is 0 Å². The van der Waals surface area contributed by atoms with Gasteiger partial charge in [0.25, 0.3) is 0 Å². The van der Waals surface area contributed by atoms with Crippen molar-refractivity contribution in [2.24, 2.45) is 34.2 Å². The molecule has 1 N–H and O–H groups in total. The van der Waals surface area contributed by atoms with Gasteiger partial charge in [0.1, 0.15) is 0 Å². The summed E-state index contributed by atoms with van der Waals surface area (Å²) in [4.78, 5) is 11.8. The fourth-order valence-corrected chi connectivity index (χ4v) is 6.95. The highest BCUT2D eigenvalue weighted by Crippen LogP contribution is 2.65. The van der Waals surface area contributed by atoms with Crippen molar-refractivity contribution in [2.45, 2.75) is 70.8 Å². The SMILES string of the molecule is C#C[C@]1(OC(C)=O)CC[C@H]2[C@@H]3CCC4=CC(=NO)CC[C@@H]4[C@H]3CC[C@@]21C. The van der Waals surface area contributed by atoms with E-state index in [1.807, 2.05) is 0 Å². The highest BCUT2D eigenvalue weighted by atomic mass is 16.6. The van der Waals surface area contributed by atoms with Crippen molar-refractivity contribution in [3.05, 3.63) is 11.6 Å². The van der Waals surface area contributed by atoms with E-state index in [9.17, 15) is 4.79 Å². The summed E-state index contributed by atoms with van der Waals surface area (Å²) in [7, 11) is 0. The fourth-order valence-electron chi connectivity index (χ4n) is 6.95. The second kappa shape index (κ2) is 6.15. The van der Waals surface area contributed by atoms with Gasteiger partial charge in [0.15, 0.2) is 5.60 Å². The lowest BCUT2D eigenvalue weighted by Gasteiger charge is -2.55. The number of esters is 1. The van der Waals surface area contributed by atoms with E-state index >= 15 is 0 Å². The minimum absolute atomic E-state index is 0.109. The van der Waals surface area contributed by atoms with Crippen molar-refractivity contribution in [3.63, 3.8) is 0 Å². The van der Waals surface area contributed by atoms with Crippen molar-refractivity contribution in [1.29, 1.82) is 0 Å². The van der Waals surface area contributed by atoms with Crippen LogP contribution >= 0.6 is 0 Å². The summed E-state index contributed by atoms with van der Waals surface area (Å²) < 4.78 is 5.81. The number of carbonyl (C=O) groups excluding carboxylic acids is 1. The van der Waals surface area contributed by atoms with E-state index in [0.29, 0.717) is 23.7 Å². The van der Waals surface area contributed by atoms with Crippen LogP contribution in [-0.4, -0.2) is 22.5 Å². The average molecular weight is 355 g/mol. The number of carbonyl (C=O) groups is 1. The molecule has 4 aliphatic rings. The number of ether oxygens (including phenoxy) is 1. The summed E-state index contributed by atoms with van der Waals surface area (Å²) in [5.74, 6) is 5.17. The normalized spacial score (nSPS) is 45.7. The molecule has 0 aliphatic heterocycles. The number of hydrogen-bond acceptors (Lipinski definition) is 4. The van der Waals surface area contributed by atoms with E-state index in [-0.39, 0.29) is 11.4 Å². The minimum Gasteiger partial charge on any atom is -0.445 e. The van der Waals surface area contributed by atoms with E-state index in [1.54, 1.807) is 0 Å². The summed E-state index contributed by atoms with van der Waals surface area (Å²) >= 11 is 0. The Bertz CT molecular complexity index is 717. The Balaban J connectivity index is 1.63. The van der Waals surface area contributed by atoms with Gasteiger partial charge in [0, 0.05) is 12.3 Å². The molecule has 4 nitrogen and oxygen atoms in total. The quantitative estimate of drug-likeness (QED) is 0.330. The van der Waals surface area contributed by atoms with Crippen LogP contribution in [0.15, 0.2) is 16.8 Å². The molecular formula is C22H29NO3. The molecule has 4 heteroatoms. The highest BCUT2D eigenvalue weighted by molar-refractivity contribution is 5.96. The molecule has 4 rings (SSSR count). The number of nitrogens with zero attached hydrogens (tertiary/aromatic N) is 1. The number of oxime groups is 1. The lowest BCUT2D eigenvalue weighted by atomic mass is 9.50. The molecule has 0 spiro atoms. The van der Waals surface area contributed by atoms with Crippen LogP contribution in [0.3, 0.4) is 0 Å².